The Bertz CT molecular complexity index is 1090. The van der Waals surface area contributed by atoms with E-state index in [4.69, 9.17) is 9.25 Å². The number of aromatic amines is 1. The Hall–Kier alpha value is -2.48. The lowest BCUT2D eigenvalue weighted by Gasteiger charge is -2.35. The van der Waals surface area contributed by atoms with Crippen LogP contribution >= 0.6 is 0 Å². The topological polar surface area (TPSA) is 70.5 Å². The average molecular weight is 426 g/mol. The van der Waals surface area contributed by atoms with Crippen LogP contribution in [0.15, 0.2) is 51.7 Å². The number of halogens is 1. The van der Waals surface area contributed by atoms with Crippen molar-refractivity contribution in [2.45, 2.75) is 56.2 Å². The highest BCUT2D eigenvalue weighted by Crippen LogP contribution is 2.36. The zero-order valence-electron chi connectivity index (χ0n) is 17.6. The van der Waals surface area contributed by atoms with Crippen LogP contribution in [0.3, 0.4) is 0 Å². The van der Waals surface area contributed by atoms with Crippen molar-refractivity contribution in [1.29, 1.82) is 0 Å². The minimum atomic E-state index is -0.400. The monoisotopic (exact) mass is 425 g/mol. The molecule has 2 fully saturated rings. The molecule has 3 aromatic rings. The number of hydrogen-bond donors (Lipinski definition) is 2. The van der Waals surface area contributed by atoms with Gasteiger partial charge in [-0.2, -0.15) is 5.48 Å². The molecule has 164 valence electrons. The van der Waals surface area contributed by atoms with E-state index in [9.17, 15) is 9.18 Å². The number of oxazole rings is 1. The summed E-state index contributed by atoms with van der Waals surface area (Å²) in [6.45, 7) is 0.875. The molecule has 0 radical (unpaired) electrons. The van der Waals surface area contributed by atoms with Gasteiger partial charge in [0.15, 0.2) is 5.58 Å². The maximum Gasteiger partial charge on any atom is 0.417 e. The molecule has 1 aliphatic carbocycles. The van der Waals surface area contributed by atoms with E-state index in [1.807, 2.05) is 24.3 Å². The molecule has 2 aromatic carbocycles. The number of rotatable bonds is 5. The number of nitrogens with zero attached hydrogens (tertiary/aromatic N) is 1. The summed E-state index contributed by atoms with van der Waals surface area (Å²) >= 11 is 0. The van der Waals surface area contributed by atoms with Crippen molar-refractivity contribution in [3.05, 3.63) is 70.0 Å². The van der Waals surface area contributed by atoms with Crippen molar-refractivity contribution >= 4 is 11.1 Å². The third-order valence-corrected chi connectivity index (χ3v) is 6.88. The summed E-state index contributed by atoms with van der Waals surface area (Å²) in [5.74, 6) is -0.114. The molecular weight excluding hydrogens is 397 g/mol. The van der Waals surface area contributed by atoms with E-state index in [1.165, 1.54) is 17.7 Å². The van der Waals surface area contributed by atoms with Gasteiger partial charge in [0.25, 0.3) is 0 Å². The second-order valence-corrected chi connectivity index (χ2v) is 8.91. The predicted octanol–water partition coefficient (Wildman–Crippen LogP) is 4.25. The van der Waals surface area contributed by atoms with Gasteiger partial charge in [-0.1, -0.05) is 18.2 Å². The molecule has 1 aromatic heterocycles. The second-order valence-electron chi connectivity index (χ2n) is 8.91. The Morgan fingerprint density at radius 2 is 1.81 bits per heavy atom. The first-order valence-electron chi connectivity index (χ1n) is 11.0. The fourth-order valence-electron chi connectivity index (χ4n) is 5.08. The molecule has 2 aliphatic rings. The summed E-state index contributed by atoms with van der Waals surface area (Å²) in [5, 5.41) is 0. The highest BCUT2D eigenvalue weighted by atomic mass is 19.1. The van der Waals surface area contributed by atoms with E-state index in [-0.39, 0.29) is 18.0 Å². The molecule has 31 heavy (non-hydrogen) atoms. The van der Waals surface area contributed by atoms with E-state index >= 15 is 0 Å². The molecule has 1 aliphatic heterocycles. The second kappa shape index (κ2) is 8.57. The summed E-state index contributed by atoms with van der Waals surface area (Å²) < 4.78 is 18.4. The van der Waals surface area contributed by atoms with Gasteiger partial charge in [-0.25, -0.2) is 9.18 Å². The number of aromatic nitrogens is 1. The van der Waals surface area contributed by atoms with Crippen LogP contribution < -0.4 is 11.2 Å². The van der Waals surface area contributed by atoms with Gasteiger partial charge >= 0.3 is 5.76 Å². The fourth-order valence-corrected chi connectivity index (χ4v) is 5.08. The van der Waals surface area contributed by atoms with Crippen molar-refractivity contribution in [3.8, 4) is 0 Å². The van der Waals surface area contributed by atoms with E-state index < -0.39 is 5.76 Å². The van der Waals surface area contributed by atoms with E-state index in [0.717, 1.165) is 49.7 Å². The zero-order chi connectivity index (χ0) is 21.4. The van der Waals surface area contributed by atoms with Gasteiger partial charge in [0.1, 0.15) is 5.82 Å². The molecule has 5 rings (SSSR count). The third kappa shape index (κ3) is 4.44. The Morgan fingerprint density at radius 3 is 2.58 bits per heavy atom. The van der Waals surface area contributed by atoms with Gasteiger partial charge in [-0.3, -0.25) is 9.82 Å². The maximum atomic E-state index is 13.2. The summed E-state index contributed by atoms with van der Waals surface area (Å²) in [7, 11) is 2.18. The van der Waals surface area contributed by atoms with Crippen LogP contribution in [0.25, 0.3) is 11.1 Å². The lowest BCUT2D eigenvalue weighted by Crippen LogP contribution is -2.39. The lowest BCUT2D eigenvalue weighted by atomic mass is 9.81. The average Bonchev–Trinajstić information content (AvgIpc) is 3.39. The molecule has 0 bridgehead atoms. The quantitative estimate of drug-likeness (QED) is 0.639. The predicted molar refractivity (Wildman–Crippen MR) is 116 cm³/mol. The number of hydrogen-bond acceptors (Lipinski definition) is 5. The molecule has 2 heterocycles. The highest BCUT2D eigenvalue weighted by Gasteiger charge is 2.31. The summed E-state index contributed by atoms with van der Waals surface area (Å²) in [6, 6.07) is 13.3. The molecule has 1 saturated heterocycles. The summed E-state index contributed by atoms with van der Waals surface area (Å²) in [4.78, 5) is 22.3. The first kappa shape index (κ1) is 20.4. The minimum Gasteiger partial charge on any atom is -0.408 e. The first-order valence-corrected chi connectivity index (χ1v) is 11.0. The zero-order valence-corrected chi connectivity index (χ0v) is 17.6. The normalized spacial score (nSPS) is 26.7. The van der Waals surface area contributed by atoms with Crippen molar-refractivity contribution in [3.63, 3.8) is 0 Å². The van der Waals surface area contributed by atoms with Crippen LogP contribution in [0, 0.1) is 5.82 Å². The Balaban J connectivity index is 1.13. The van der Waals surface area contributed by atoms with Crippen LogP contribution in [0.5, 0.6) is 0 Å². The number of H-pyrrole nitrogens is 1. The smallest absolute Gasteiger partial charge is 0.408 e. The fraction of sp³-hybridized carbons (Fsp3) is 0.458. The van der Waals surface area contributed by atoms with Gasteiger partial charge < -0.3 is 9.32 Å². The molecule has 7 heteroatoms. The molecule has 0 amide bonds. The van der Waals surface area contributed by atoms with Gasteiger partial charge in [-0.15, -0.1) is 0 Å². The SMILES string of the molecule is CN(CC1CC(c2ccc(F)cc2)NO1)C1CCC(c2ccc3[nH]c(=O)oc3c2)CC1. The standard InChI is InChI=1S/C24H28FN3O3/c1-28(14-20-13-22(27-31-20)16-2-7-18(25)8-3-16)19-9-4-15(5-10-19)17-6-11-21-23(12-17)30-24(29)26-21/h2-3,6-8,11-12,15,19-20,22,27H,4-5,9-10,13-14H2,1H3,(H,26,29). The first-order chi connectivity index (χ1) is 15.0. The van der Waals surface area contributed by atoms with Gasteiger partial charge in [0, 0.05) is 12.6 Å². The number of hydroxylamine groups is 1. The Morgan fingerprint density at radius 1 is 1.06 bits per heavy atom. The molecule has 0 spiro atoms. The van der Waals surface area contributed by atoms with E-state index in [2.05, 4.69) is 28.5 Å². The molecule has 2 atom stereocenters. The summed E-state index contributed by atoms with van der Waals surface area (Å²) in [5.41, 5.74) is 6.82. The third-order valence-electron chi connectivity index (χ3n) is 6.88. The lowest BCUT2D eigenvalue weighted by molar-refractivity contribution is 0.00136. The minimum absolute atomic E-state index is 0.109. The number of nitrogens with one attached hydrogen (secondary N) is 2. The van der Waals surface area contributed by atoms with Crippen LogP contribution in [-0.2, 0) is 4.84 Å². The molecule has 6 nitrogen and oxygen atoms in total. The molecule has 2 unspecified atom stereocenters. The van der Waals surface area contributed by atoms with Crippen LogP contribution in [0.1, 0.15) is 55.2 Å². The largest absolute Gasteiger partial charge is 0.417 e. The van der Waals surface area contributed by atoms with Crippen LogP contribution in [-0.4, -0.2) is 35.6 Å². The number of benzene rings is 2. The Labute approximate surface area is 180 Å². The van der Waals surface area contributed by atoms with Crippen molar-refractivity contribution in [1.82, 2.24) is 15.4 Å². The molecule has 1 saturated carbocycles. The Kier molecular flexibility index (Phi) is 5.65. The van der Waals surface area contributed by atoms with Crippen LogP contribution in [0.2, 0.25) is 0 Å². The number of fused-ring (bicyclic) bond motifs is 1. The summed E-state index contributed by atoms with van der Waals surface area (Å²) in [6.07, 6.45) is 5.52. The van der Waals surface area contributed by atoms with Crippen molar-refractivity contribution in [2.24, 2.45) is 0 Å². The van der Waals surface area contributed by atoms with Gasteiger partial charge in [0.2, 0.25) is 0 Å². The molecular formula is C24H28FN3O3. The maximum absolute atomic E-state index is 13.2. The highest BCUT2D eigenvalue weighted by molar-refractivity contribution is 5.72. The van der Waals surface area contributed by atoms with E-state index in [0.29, 0.717) is 17.5 Å². The van der Waals surface area contributed by atoms with Crippen molar-refractivity contribution < 1.29 is 13.6 Å². The van der Waals surface area contributed by atoms with Gasteiger partial charge in [0.05, 0.1) is 17.7 Å². The van der Waals surface area contributed by atoms with E-state index in [1.54, 1.807) is 0 Å². The number of likely N-dealkylation sites (N-methyl/N-ethyl adjacent to an activating group) is 1. The van der Waals surface area contributed by atoms with Gasteiger partial charge in [-0.05, 0) is 80.5 Å². The van der Waals surface area contributed by atoms with Crippen molar-refractivity contribution in [2.75, 3.05) is 13.6 Å². The molecule has 2 N–H and O–H groups in total. The van der Waals surface area contributed by atoms with Crippen LogP contribution in [0.4, 0.5) is 4.39 Å².